The summed E-state index contributed by atoms with van der Waals surface area (Å²) in [6.45, 7) is 3.45. The van der Waals surface area contributed by atoms with Crippen molar-refractivity contribution in [3.63, 3.8) is 0 Å². The summed E-state index contributed by atoms with van der Waals surface area (Å²) >= 11 is 6.19. The van der Waals surface area contributed by atoms with Crippen molar-refractivity contribution >= 4 is 23.2 Å². The van der Waals surface area contributed by atoms with Crippen molar-refractivity contribution in [2.45, 2.75) is 30.5 Å². The van der Waals surface area contributed by atoms with Crippen LogP contribution in [0.15, 0.2) is 43.4 Å². The zero-order valence-electron chi connectivity index (χ0n) is 19.4. The van der Waals surface area contributed by atoms with Crippen molar-refractivity contribution < 1.29 is 26.7 Å². The molecular formula is C23H19ClF5N7O. The number of nitriles is 1. The van der Waals surface area contributed by atoms with E-state index >= 15 is 0 Å². The molecule has 1 aromatic carbocycles. The number of rotatable bonds is 7. The smallest absolute Gasteiger partial charge is 0.347 e. The van der Waals surface area contributed by atoms with E-state index in [9.17, 15) is 32.0 Å². The molecular weight excluding hydrogens is 521 g/mol. The Morgan fingerprint density at radius 1 is 1.30 bits per heavy atom. The van der Waals surface area contributed by atoms with E-state index in [1.54, 1.807) is 6.07 Å². The number of benzene rings is 1. The fourth-order valence-electron chi connectivity index (χ4n) is 3.66. The van der Waals surface area contributed by atoms with Crippen LogP contribution >= 0.6 is 11.6 Å². The highest BCUT2D eigenvalue weighted by atomic mass is 35.5. The monoisotopic (exact) mass is 539 g/mol. The Hall–Kier alpha value is -3.92. The first-order chi connectivity index (χ1) is 17.2. The molecule has 1 fully saturated rings. The Kier molecular flexibility index (Phi) is 6.28. The number of anilines is 1. The molecule has 0 unspecified atom stereocenters. The van der Waals surface area contributed by atoms with Gasteiger partial charge < -0.3 is 10.2 Å². The number of carbonyl (C=O) groups is 1. The van der Waals surface area contributed by atoms with E-state index in [-0.39, 0.29) is 16.4 Å². The lowest BCUT2D eigenvalue weighted by Crippen LogP contribution is -2.35. The minimum absolute atomic E-state index is 0.105. The molecule has 3 aromatic rings. The lowest BCUT2D eigenvalue weighted by atomic mass is 10.1. The van der Waals surface area contributed by atoms with E-state index in [1.165, 1.54) is 38.6 Å². The van der Waals surface area contributed by atoms with Gasteiger partial charge in [-0.3, -0.25) is 4.79 Å². The predicted octanol–water partition coefficient (Wildman–Crippen LogP) is 4.95. The maximum Gasteiger partial charge on any atom is 0.459 e. The largest absolute Gasteiger partial charge is 0.459 e. The molecule has 0 saturated heterocycles. The van der Waals surface area contributed by atoms with Gasteiger partial charge in [0, 0.05) is 25.9 Å². The van der Waals surface area contributed by atoms with Gasteiger partial charge in [-0.15, -0.1) is 0 Å². The zero-order chi connectivity index (χ0) is 27.3. The minimum Gasteiger partial charge on any atom is -0.347 e. The quantitative estimate of drug-likeness (QED) is 0.429. The predicted molar refractivity (Wildman–Crippen MR) is 124 cm³/mol. The van der Waals surface area contributed by atoms with E-state index in [2.05, 4.69) is 28.2 Å². The van der Waals surface area contributed by atoms with Gasteiger partial charge in [0.1, 0.15) is 11.2 Å². The van der Waals surface area contributed by atoms with Crippen molar-refractivity contribution in [1.29, 1.82) is 5.26 Å². The Labute approximate surface area is 212 Å². The van der Waals surface area contributed by atoms with E-state index < -0.39 is 34.9 Å². The Bertz CT molecular complexity index is 1430. The number of aromatic nitrogens is 4. The van der Waals surface area contributed by atoms with Crippen LogP contribution in [0, 0.1) is 11.3 Å². The number of carbonyl (C=O) groups excluding carboxylic acids is 1. The standard InChI is InChI=1S/C23H19ClF5N7O/c1-4-34(2)17-18(22(25,26)23(27,28)29)33-35(3)20(17)36-11-14(10-31-36)13-5-6-16(24)15(9-13)19(37)32-21(12-30)7-8-21/h4-6,9-11H,1,7-8H2,2-3H3,(H,32,37). The van der Waals surface area contributed by atoms with Crippen molar-refractivity contribution in [1.82, 2.24) is 24.9 Å². The Morgan fingerprint density at radius 3 is 2.54 bits per heavy atom. The topological polar surface area (TPSA) is 91.8 Å². The molecule has 0 spiro atoms. The third-order valence-corrected chi connectivity index (χ3v) is 6.26. The number of alkyl halides is 5. The summed E-state index contributed by atoms with van der Waals surface area (Å²) in [5.74, 6) is -5.96. The van der Waals surface area contributed by atoms with Gasteiger partial charge in [0.05, 0.1) is 22.9 Å². The number of nitrogens with zero attached hydrogens (tertiary/aromatic N) is 6. The van der Waals surface area contributed by atoms with E-state index in [0.29, 0.717) is 24.0 Å². The second-order valence-electron chi connectivity index (χ2n) is 8.53. The van der Waals surface area contributed by atoms with Crippen LogP contribution in [0.3, 0.4) is 0 Å². The number of nitrogens with one attached hydrogen (secondary N) is 1. The molecule has 1 N–H and O–H groups in total. The van der Waals surface area contributed by atoms with Crippen molar-refractivity contribution in [2.24, 2.45) is 7.05 Å². The first-order valence-corrected chi connectivity index (χ1v) is 11.1. The van der Waals surface area contributed by atoms with Crippen molar-refractivity contribution in [3.8, 4) is 23.0 Å². The SMILES string of the molecule is C=CN(C)c1c(C(F)(F)C(F)(F)F)nn(C)c1-n1cc(-c2ccc(Cl)c(C(=O)NC3(C#N)CC3)c2)cn1. The third-order valence-electron chi connectivity index (χ3n) is 5.93. The molecule has 0 bridgehead atoms. The number of hydrogen-bond acceptors (Lipinski definition) is 5. The van der Waals surface area contributed by atoms with E-state index in [4.69, 9.17) is 11.6 Å². The maximum atomic E-state index is 14.3. The van der Waals surface area contributed by atoms with Crippen LogP contribution in [0.1, 0.15) is 28.9 Å². The summed E-state index contributed by atoms with van der Waals surface area (Å²) in [6, 6.07) is 6.58. The maximum absolute atomic E-state index is 14.3. The van der Waals surface area contributed by atoms with Gasteiger partial charge in [0.25, 0.3) is 5.91 Å². The van der Waals surface area contributed by atoms with Crippen molar-refractivity contribution in [2.75, 3.05) is 11.9 Å². The van der Waals surface area contributed by atoms with E-state index in [0.717, 1.165) is 20.5 Å². The molecule has 1 amide bonds. The average Bonchev–Trinajstić information content (AvgIpc) is 3.27. The van der Waals surface area contributed by atoms with Gasteiger partial charge in [-0.25, -0.2) is 9.36 Å². The summed E-state index contributed by atoms with van der Waals surface area (Å²) in [7, 11) is 2.46. The molecule has 1 aliphatic carbocycles. The van der Waals surface area contributed by atoms with Crippen LogP contribution in [0.25, 0.3) is 16.9 Å². The molecule has 2 heterocycles. The second-order valence-corrected chi connectivity index (χ2v) is 8.93. The minimum atomic E-state index is -5.88. The molecule has 0 aliphatic heterocycles. The number of hydrogen-bond donors (Lipinski definition) is 1. The molecule has 8 nitrogen and oxygen atoms in total. The van der Waals surface area contributed by atoms with Gasteiger partial charge in [-0.1, -0.05) is 24.2 Å². The highest BCUT2D eigenvalue weighted by Gasteiger charge is 2.62. The van der Waals surface area contributed by atoms with Crippen LogP contribution in [0.2, 0.25) is 5.02 Å². The zero-order valence-corrected chi connectivity index (χ0v) is 20.2. The molecule has 37 heavy (non-hydrogen) atoms. The summed E-state index contributed by atoms with van der Waals surface area (Å²) in [4.78, 5) is 13.7. The third kappa shape index (κ3) is 4.53. The highest BCUT2D eigenvalue weighted by Crippen LogP contribution is 2.48. The number of amides is 1. The molecule has 4 rings (SSSR count). The van der Waals surface area contributed by atoms with Gasteiger partial charge in [0.2, 0.25) is 0 Å². The Balaban J connectivity index is 1.76. The summed E-state index contributed by atoms with van der Waals surface area (Å²) in [5, 5.41) is 19.6. The second kappa shape index (κ2) is 8.88. The normalized spacial score (nSPS) is 14.7. The molecule has 14 heteroatoms. The number of halogens is 6. The molecule has 1 aliphatic rings. The van der Waals surface area contributed by atoms with Crippen LogP contribution in [-0.4, -0.2) is 44.2 Å². The van der Waals surface area contributed by atoms with Crippen LogP contribution in [0.5, 0.6) is 0 Å². The van der Waals surface area contributed by atoms with Crippen molar-refractivity contribution in [3.05, 3.63) is 59.7 Å². The first-order valence-electron chi connectivity index (χ1n) is 10.7. The van der Waals surface area contributed by atoms with E-state index in [1.807, 2.05) is 0 Å². The summed E-state index contributed by atoms with van der Waals surface area (Å²) in [6.07, 6.45) is -1.03. The van der Waals surface area contributed by atoms with Crippen LogP contribution < -0.4 is 10.2 Å². The van der Waals surface area contributed by atoms with Crippen LogP contribution in [-0.2, 0) is 13.0 Å². The fraction of sp³-hybridized carbons (Fsp3) is 0.304. The molecule has 2 aromatic heterocycles. The molecule has 194 valence electrons. The van der Waals surface area contributed by atoms with Gasteiger partial charge in [0.15, 0.2) is 11.5 Å². The summed E-state index contributed by atoms with van der Waals surface area (Å²) in [5.41, 5.74) is -1.99. The van der Waals surface area contributed by atoms with Gasteiger partial charge in [-0.2, -0.15) is 37.4 Å². The fourth-order valence-corrected chi connectivity index (χ4v) is 3.87. The van der Waals surface area contributed by atoms with Crippen LogP contribution in [0.4, 0.5) is 27.6 Å². The molecule has 0 radical (unpaired) electrons. The van der Waals surface area contributed by atoms with Gasteiger partial charge in [-0.05, 0) is 36.7 Å². The Morgan fingerprint density at radius 2 is 1.97 bits per heavy atom. The first kappa shape index (κ1) is 26.2. The molecule has 0 atom stereocenters. The lowest BCUT2D eigenvalue weighted by Gasteiger charge is -2.22. The number of aryl methyl sites for hydroxylation is 1. The highest BCUT2D eigenvalue weighted by molar-refractivity contribution is 6.34. The molecule has 1 saturated carbocycles. The van der Waals surface area contributed by atoms with Gasteiger partial charge >= 0.3 is 12.1 Å². The summed E-state index contributed by atoms with van der Waals surface area (Å²) < 4.78 is 70.2. The lowest BCUT2D eigenvalue weighted by molar-refractivity contribution is -0.290. The average molecular weight is 540 g/mol.